The number of ether oxygens (including phenoxy) is 4. The Hall–Kier alpha value is -2.17. The SMILES string of the molecule is COc1ccc(C=CC(=O)OC(C)C)c(OC)c1OC. The van der Waals surface area contributed by atoms with E-state index in [0.29, 0.717) is 22.8 Å². The molecule has 1 aromatic rings. The highest BCUT2D eigenvalue weighted by atomic mass is 16.5. The zero-order valence-corrected chi connectivity index (χ0v) is 12.4. The number of methoxy groups -OCH3 is 3. The van der Waals surface area contributed by atoms with Gasteiger partial charge in [-0.25, -0.2) is 4.79 Å². The van der Waals surface area contributed by atoms with Gasteiger partial charge in [0.05, 0.1) is 27.4 Å². The van der Waals surface area contributed by atoms with Gasteiger partial charge in [0.15, 0.2) is 11.5 Å². The smallest absolute Gasteiger partial charge is 0.331 e. The highest BCUT2D eigenvalue weighted by molar-refractivity contribution is 5.88. The first kappa shape index (κ1) is 15.9. The Balaban J connectivity index is 3.07. The van der Waals surface area contributed by atoms with Crippen molar-refractivity contribution in [2.75, 3.05) is 21.3 Å². The zero-order chi connectivity index (χ0) is 15.1. The monoisotopic (exact) mass is 280 g/mol. The fraction of sp³-hybridized carbons (Fsp3) is 0.400. The molecule has 0 saturated carbocycles. The number of hydrogen-bond acceptors (Lipinski definition) is 5. The van der Waals surface area contributed by atoms with E-state index in [9.17, 15) is 4.79 Å². The number of rotatable bonds is 6. The summed E-state index contributed by atoms with van der Waals surface area (Å²) in [6.45, 7) is 3.59. The van der Waals surface area contributed by atoms with Crippen molar-refractivity contribution in [1.29, 1.82) is 0 Å². The maximum absolute atomic E-state index is 11.5. The minimum atomic E-state index is -0.406. The molecule has 1 aromatic carbocycles. The van der Waals surface area contributed by atoms with Crippen LogP contribution in [0.1, 0.15) is 19.4 Å². The van der Waals surface area contributed by atoms with E-state index in [2.05, 4.69) is 0 Å². The fourth-order valence-corrected chi connectivity index (χ4v) is 1.69. The number of hydrogen-bond donors (Lipinski definition) is 0. The van der Waals surface area contributed by atoms with E-state index in [1.54, 1.807) is 39.2 Å². The van der Waals surface area contributed by atoms with Crippen molar-refractivity contribution in [3.05, 3.63) is 23.8 Å². The van der Waals surface area contributed by atoms with Gasteiger partial charge in [-0.15, -0.1) is 0 Å². The quantitative estimate of drug-likeness (QED) is 0.592. The molecule has 0 amide bonds. The van der Waals surface area contributed by atoms with Crippen LogP contribution in [-0.4, -0.2) is 33.4 Å². The summed E-state index contributed by atoms with van der Waals surface area (Å²) < 4.78 is 20.8. The van der Waals surface area contributed by atoms with Gasteiger partial charge in [-0.05, 0) is 32.1 Å². The minimum Gasteiger partial charge on any atom is -0.493 e. The van der Waals surface area contributed by atoms with E-state index in [1.165, 1.54) is 20.3 Å². The van der Waals surface area contributed by atoms with E-state index in [4.69, 9.17) is 18.9 Å². The second-order valence-electron chi connectivity index (χ2n) is 4.24. The third-order valence-corrected chi connectivity index (χ3v) is 2.49. The van der Waals surface area contributed by atoms with Gasteiger partial charge < -0.3 is 18.9 Å². The standard InChI is InChI=1S/C15H20O5/c1-10(2)20-13(16)9-7-11-6-8-12(17-3)15(19-5)14(11)18-4/h6-10H,1-5H3. The van der Waals surface area contributed by atoms with E-state index < -0.39 is 5.97 Å². The minimum absolute atomic E-state index is 0.153. The molecule has 0 atom stereocenters. The average Bonchev–Trinajstić information content (AvgIpc) is 2.42. The van der Waals surface area contributed by atoms with Gasteiger partial charge in [-0.3, -0.25) is 0 Å². The summed E-state index contributed by atoms with van der Waals surface area (Å²) >= 11 is 0. The summed E-state index contributed by atoms with van der Waals surface area (Å²) in [5, 5.41) is 0. The number of benzene rings is 1. The van der Waals surface area contributed by atoms with Gasteiger partial charge in [0, 0.05) is 11.6 Å². The molecule has 0 bridgehead atoms. The fourth-order valence-electron chi connectivity index (χ4n) is 1.69. The Kier molecular flexibility index (Phi) is 5.90. The van der Waals surface area contributed by atoms with E-state index in [0.717, 1.165) is 0 Å². The molecule has 0 radical (unpaired) electrons. The third kappa shape index (κ3) is 3.91. The molecule has 5 nitrogen and oxygen atoms in total. The maximum atomic E-state index is 11.5. The highest BCUT2D eigenvalue weighted by Gasteiger charge is 2.14. The first-order valence-corrected chi connectivity index (χ1v) is 6.21. The van der Waals surface area contributed by atoms with Crippen molar-refractivity contribution in [2.24, 2.45) is 0 Å². The van der Waals surface area contributed by atoms with E-state index >= 15 is 0 Å². The highest BCUT2D eigenvalue weighted by Crippen LogP contribution is 2.40. The van der Waals surface area contributed by atoms with Crippen molar-refractivity contribution in [3.8, 4) is 17.2 Å². The zero-order valence-electron chi connectivity index (χ0n) is 12.4. The molecule has 5 heteroatoms. The molecule has 0 aliphatic heterocycles. The molecule has 0 spiro atoms. The molecule has 0 saturated heterocycles. The van der Waals surface area contributed by atoms with Crippen LogP contribution in [0.15, 0.2) is 18.2 Å². The summed E-state index contributed by atoms with van der Waals surface area (Å²) in [7, 11) is 4.61. The normalized spacial score (nSPS) is 10.7. The Morgan fingerprint density at radius 2 is 1.70 bits per heavy atom. The Morgan fingerprint density at radius 1 is 1.05 bits per heavy atom. The molecule has 0 N–H and O–H groups in total. The molecule has 0 fully saturated rings. The lowest BCUT2D eigenvalue weighted by atomic mass is 10.1. The predicted molar refractivity (Wildman–Crippen MR) is 76.4 cm³/mol. The van der Waals surface area contributed by atoms with Gasteiger partial charge in [-0.2, -0.15) is 0 Å². The van der Waals surface area contributed by atoms with Gasteiger partial charge in [-0.1, -0.05) is 0 Å². The van der Waals surface area contributed by atoms with E-state index in [1.807, 2.05) is 0 Å². The van der Waals surface area contributed by atoms with Crippen molar-refractivity contribution in [2.45, 2.75) is 20.0 Å². The number of carbonyl (C=O) groups is 1. The number of esters is 1. The second kappa shape index (κ2) is 7.43. The van der Waals surface area contributed by atoms with Gasteiger partial charge in [0.2, 0.25) is 5.75 Å². The molecule has 0 heterocycles. The Morgan fingerprint density at radius 3 is 2.20 bits per heavy atom. The summed E-state index contributed by atoms with van der Waals surface area (Å²) in [6.07, 6.45) is 2.81. The maximum Gasteiger partial charge on any atom is 0.331 e. The largest absolute Gasteiger partial charge is 0.493 e. The Bertz CT molecular complexity index is 491. The van der Waals surface area contributed by atoms with Crippen LogP contribution in [0.4, 0.5) is 0 Å². The molecule has 1 rings (SSSR count). The van der Waals surface area contributed by atoms with Gasteiger partial charge in [0.25, 0.3) is 0 Å². The lowest BCUT2D eigenvalue weighted by molar-refractivity contribution is -0.141. The first-order valence-electron chi connectivity index (χ1n) is 6.21. The Labute approximate surface area is 119 Å². The molecule has 20 heavy (non-hydrogen) atoms. The lowest BCUT2D eigenvalue weighted by Gasteiger charge is -2.14. The van der Waals surface area contributed by atoms with Gasteiger partial charge in [0.1, 0.15) is 0 Å². The van der Waals surface area contributed by atoms with Crippen LogP contribution in [0, 0.1) is 0 Å². The van der Waals surface area contributed by atoms with Crippen molar-refractivity contribution in [1.82, 2.24) is 0 Å². The van der Waals surface area contributed by atoms with E-state index in [-0.39, 0.29) is 6.10 Å². The molecule has 0 aromatic heterocycles. The first-order chi connectivity index (χ1) is 9.53. The van der Waals surface area contributed by atoms with Crippen LogP contribution >= 0.6 is 0 Å². The van der Waals surface area contributed by atoms with Crippen LogP contribution in [0.5, 0.6) is 17.2 Å². The van der Waals surface area contributed by atoms with Crippen molar-refractivity contribution >= 4 is 12.0 Å². The average molecular weight is 280 g/mol. The third-order valence-electron chi connectivity index (χ3n) is 2.49. The molecule has 0 aliphatic rings. The number of carbonyl (C=O) groups excluding carboxylic acids is 1. The predicted octanol–water partition coefficient (Wildman–Crippen LogP) is 2.68. The van der Waals surface area contributed by atoms with Crippen LogP contribution in [0.3, 0.4) is 0 Å². The molecular weight excluding hydrogens is 260 g/mol. The van der Waals surface area contributed by atoms with Gasteiger partial charge >= 0.3 is 5.97 Å². The summed E-state index contributed by atoms with van der Waals surface area (Å²) in [5.41, 5.74) is 0.700. The van der Waals surface area contributed by atoms with Crippen LogP contribution in [-0.2, 0) is 9.53 Å². The van der Waals surface area contributed by atoms with Crippen molar-refractivity contribution in [3.63, 3.8) is 0 Å². The topological polar surface area (TPSA) is 54.0 Å². The van der Waals surface area contributed by atoms with Crippen LogP contribution < -0.4 is 14.2 Å². The van der Waals surface area contributed by atoms with Crippen LogP contribution in [0.25, 0.3) is 6.08 Å². The second-order valence-corrected chi connectivity index (χ2v) is 4.24. The van der Waals surface area contributed by atoms with Crippen LogP contribution in [0.2, 0.25) is 0 Å². The molecule has 0 aliphatic carbocycles. The summed E-state index contributed by atoms with van der Waals surface area (Å²) in [5.74, 6) is 1.14. The molecule has 0 unspecified atom stereocenters. The lowest BCUT2D eigenvalue weighted by Crippen LogP contribution is -2.08. The molecular formula is C15H20O5. The van der Waals surface area contributed by atoms with Crippen molar-refractivity contribution < 1.29 is 23.7 Å². The molecule has 110 valence electrons. The summed E-state index contributed by atoms with van der Waals surface area (Å²) in [4.78, 5) is 11.5. The summed E-state index contributed by atoms with van der Waals surface area (Å²) in [6, 6.07) is 3.52.